The number of anilines is 1. The van der Waals surface area contributed by atoms with Crippen molar-refractivity contribution in [3.8, 4) is 0 Å². The maximum absolute atomic E-state index is 5.81. The lowest BCUT2D eigenvalue weighted by atomic mass is 10.3. The highest BCUT2D eigenvalue weighted by Gasteiger charge is 1.98. The molecule has 1 aromatic heterocycles. The van der Waals surface area contributed by atoms with Gasteiger partial charge < -0.3 is 11.1 Å². The van der Waals surface area contributed by atoms with Crippen molar-refractivity contribution in [2.45, 2.75) is 19.9 Å². The summed E-state index contributed by atoms with van der Waals surface area (Å²) in [4.78, 5) is 3.96. The first-order valence-electron chi connectivity index (χ1n) is 4.34. The number of nitrogen functional groups attached to an aromatic ring is 1. The zero-order valence-corrected chi connectivity index (χ0v) is 8.43. The smallest absolute Gasteiger partial charge is 0.142 e. The van der Waals surface area contributed by atoms with Crippen LogP contribution in [0.25, 0.3) is 0 Å². The number of rotatable bonds is 4. The third-order valence-corrected chi connectivity index (χ3v) is 1.98. The molecule has 1 aromatic rings. The average Bonchev–Trinajstić information content (AvgIpc) is 2.12. The lowest BCUT2D eigenvalue weighted by Crippen LogP contribution is -2.14. The minimum Gasteiger partial charge on any atom is -0.382 e. The van der Waals surface area contributed by atoms with E-state index >= 15 is 0 Å². The highest BCUT2D eigenvalue weighted by Crippen LogP contribution is 2.16. The van der Waals surface area contributed by atoms with E-state index in [2.05, 4.69) is 17.2 Å². The Morgan fingerprint density at radius 3 is 3.00 bits per heavy atom. The predicted octanol–water partition coefficient (Wildman–Crippen LogP) is 1.82. The number of hydrogen-bond donors (Lipinski definition) is 2. The Morgan fingerprint density at radius 1 is 1.62 bits per heavy atom. The van der Waals surface area contributed by atoms with Gasteiger partial charge in [-0.3, -0.25) is 0 Å². The van der Waals surface area contributed by atoms with E-state index in [1.165, 1.54) is 0 Å². The fourth-order valence-electron chi connectivity index (χ4n) is 0.994. The van der Waals surface area contributed by atoms with Crippen molar-refractivity contribution >= 4 is 17.4 Å². The van der Waals surface area contributed by atoms with Gasteiger partial charge in [-0.1, -0.05) is 18.5 Å². The number of nitrogens with zero attached hydrogens (tertiary/aromatic N) is 1. The summed E-state index contributed by atoms with van der Waals surface area (Å²) < 4.78 is 0. The molecule has 0 aliphatic carbocycles. The van der Waals surface area contributed by atoms with Gasteiger partial charge in [-0.2, -0.15) is 0 Å². The standard InChI is InChI=1S/C9H14ClN3/c1-2-3-12-5-7-4-8(10)9(11)13-6-7/h4,6,12H,2-3,5H2,1H3,(H2,11,13). The summed E-state index contributed by atoms with van der Waals surface area (Å²) in [5.74, 6) is 0.390. The van der Waals surface area contributed by atoms with Crippen molar-refractivity contribution in [3.63, 3.8) is 0 Å². The van der Waals surface area contributed by atoms with Crippen LogP contribution in [0.5, 0.6) is 0 Å². The Labute approximate surface area is 83.3 Å². The van der Waals surface area contributed by atoms with E-state index in [9.17, 15) is 0 Å². The van der Waals surface area contributed by atoms with Gasteiger partial charge >= 0.3 is 0 Å². The van der Waals surface area contributed by atoms with Crippen LogP contribution in [-0.4, -0.2) is 11.5 Å². The van der Waals surface area contributed by atoms with Crippen molar-refractivity contribution in [2.24, 2.45) is 0 Å². The number of pyridine rings is 1. The van der Waals surface area contributed by atoms with Crippen LogP contribution in [0.15, 0.2) is 12.3 Å². The first kappa shape index (κ1) is 10.3. The van der Waals surface area contributed by atoms with Gasteiger partial charge in [-0.25, -0.2) is 4.98 Å². The van der Waals surface area contributed by atoms with Crippen LogP contribution in [0.4, 0.5) is 5.82 Å². The minimum atomic E-state index is 0.390. The van der Waals surface area contributed by atoms with Crippen LogP contribution in [0, 0.1) is 0 Å². The monoisotopic (exact) mass is 199 g/mol. The van der Waals surface area contributed by atoms with Gasteiger partial charge in [-0.15, -0.1) is 0 Å². The van der Waals surface area contributed by atoms with Gasteiger partial charge in [0.2, 0.25) is 0 Å². The molecule has 13 heavy (non-hydrogen) atoms. The number of aromatic nitrogens is 1. The summed E-state index contributed by atoms with van der Waals surface area (Å²) in [6.45, 7) is 3.92. The van der Waals surface area contributed by atoms with Crippen molar-refractivity contribution in [1.29, 1.82) is 0 Å². The van der Waals surface area contributed by atoms with Gasteiger partial charge in [0.15, 0.2) is 0 Å². The second kappa shape index (κ2) is 5.04. The van der Waals surface area contributed by atoms with E-state index in [-0.39, 0.29) is 0 Å². The molecule has 1 rings (SSSR count). The molecule has 0 unspecified atom stereocenters. The summed E-state index contributed by atoms with van der Waals surface area (Å²) >= 11 is 5.81. The molecule has 0 radical (unpaired) electrons. The maximum Gasteiger partial charge on any atom is 0.142 e. The quantitative estimate of drug-likeness (QED) is 0.728. The van der Waals surface area contributed by atoms with E-state index < -0.39 is 0 Å². The van der Waals surface area contributed by atoms with Crippen molar-refractivity contribution in [1.82, 2.24) is 10.3 Å². The summed E-state index contributed by atoms with van der Waals surface area (Å²) in [6.07, 6.45) is 2.86. The Kier molecular flexibility index (Phi) is 3.99. The molecule has 0 fully saturated rings. The maximum atomic E-state index is 5.81. The normalized spacial score (nSPS) is 10.3. The molecule has 72 valence electrons. The van der Waals surface area contributed by atoms with Crippen molar-refractivity contribution in [2.75, 3.05) is 12.3 Å². The Morgan fingerprint density at radius 2 is 2.38 bits per heavy atom. The molecule has 0 bridgehead atoms. The minimum absolute atomic E-state index is 0.390. The second-order valence-electron chi connectivity index (χ2n) is 2.89. The highest BCUT2D eigenvalue weighted by atomic mass is 35.5. The van der Waals surface area contributed by atoms with E-state index in [0.29, 0.717) is 10.8 Å². The Bertz CT molecular complexity index is 276. The molecule has 0 spiro atoms. The molecule has 0 aliphatic heterocycles. The van der Waals surface area contributed by atoms with E-state index in [1.807, 2.05) is 6.07 Å². The second-order valence-corrected chi connectivity index (χ2v) is 3.29. The van der Waals surface area contributed by atoms with Crippen LogP contribution < -0.4 is 11.1 Å². The topological polar surface area (TPSA) is 50.9 Å². The SMILES string of the molecule is CCCNCc1cnc(N)c(Cl)c1. The van der Waals surface area contributed by atoms with Gasteiger partial charge in [0, 0.05) is 12.7 Å². The highest BCUT2D eigenvalue weighted by molar-refractivity contribution is 6.32. The molecular formula is C9H14ClN3. The molecule has 1 heterocycles. The van der Waals surface area contributed by atoms with E-state index in [1.54, 1.807) is 6.20 Å². The van der Waals surface area contributed by atoms with Crippen molar-refractivity contribution in [3.05, 3.63) is 22.8 Å². The molecule has 0 aromatic carbocycles. The third kappa shape index (κ3) is 3.20. The lowest BCUT2D eigenvalue weighted by molar-refractivity contribution is 0.674. The zero-order chi connectivity index (χ0) is 9.68. The number of nitrogens with two attached hydrogens (primary N) is 1. The Hall–Kier alpha value is -0.800. The fourth-order valence-corrected chi connectivity index (χ4v) is 1.18. The van der Waals surface area contributed by atoms with Crippen LogP contribution in [-0.2, 0) is 6.54 Å². The average molecular weight is 200 g/mol. The number of nitrogens with one attached hydrogen (secondary N) is 1. The molecule has 3 nitrogen and oxygen atoms in total. The van der Waals surface area contributed by atoms with Crippen LogP contribution in [0.3, 0.4) is 0 Å². The zero-order valence-electron chi connectivity index (χ0n) is 7.68. The Balaban J connectivity index is 2.53. The number of hydrogen-bond acceptors (Lipinski definition) is 3. The van der Waals surface area contributed by atoms with Crippen LogP contribution in [0.2, 0.25) is 5.02 Å². The summed E-state index contributed by atoms with van der Waals surface area (Å²) in [7, 11) is 0. The largest absolute Gasteiger partial charge is 0.382 e. The molecule has 0 amide bonds. The molecule has 0 aliphatic rings. The molecule has 3 N–H and O–H groups in total. The summed E-state index contributed by atoms with van der Waals surface area (Å²) in [5, 5.41) is 3.78. The molecular weight excluding hydrogens is 186 g/mol. The first-order chi connectivity index (χ1) is 6.24. The van der Waals surface area contributed by atoms with Gasteiger partial charge in [0.05, 0.1) is 5.02 Å². The van der Waals surface area contributed by atoms with E-state index in [0.717, 1.165) is 25.1 Å². The van der Waals surface area contributed by atoms with Gasteiger partial charge in [0.25, 0.3) is 0 Å². The third-order valence-electron chi connectivity index (χ3n) is 1.68. The number of halogens is 1. The molecule has 0 saturated carbocycles. The van der Waals surface area contributed by atoms with E-state index in [4.69, 9.17) is 17.3 Å². The fraction of sp³-hybridized carbons (Fsp3) is 0.444. The van der Waals surface area contributed by atoms with Gasteiger partial charge in [-0.05, 0) is 24.6 Å². The summed E-state index contributed by atoms with van der Waals surface area (Å²) in [6, 6.07) is 1.84. The van der Waals surface area contributed by atoms with Crippen LogP contribution in [0.1, 0.15) is 18.9 Å². The van der Waals surface area contributed by atoms with Gasteiger partial charge in [0.1, 0.15) is 5.82 Å². The molecule has 4 heteroatoms. The molecule has 0 atom stereocenters. The van der Waals surface area contributed by atoms with Crippen LogP contribution >= 0.6 is 11.6 Å². The summed E-state index contributed by atoms with van der Waals surface area (Å²) in [5.41, 5.74) is 6.54. The predicted molar refractivity (Wildman–Crippen MR) is 55.7 cm³/mol. The van der Waals surface area contributed by atoms with Crippen molar-refractivity contribution < 1.29 is 0 Å². The molecule has 0 saturated heterocycles. The first-order valence-corrected chi connectivity index (χ1v) is 4.72. The lowest BCUT2D eigenvalue weighted by Gasteiger charge is -2.04.